The number of sulfonamides is 1. The van der Waals surface area contributed by atoms with Gasteiger partial charge >= 0.3 is 5.69 Å². The summed E-state index contributed by atoms with van der Waals surface area (Å²) in [7, 11) is -0.914. The highest BCUT2D eigenvalue weighted by molar-refractivity contribution is 7.92. The molecule has 1 amide bonds. The van der Waals surface area contributed by atoms with Gasteiger partial charge in [0.25, 0.3) is 10.0 Å². The highest BCUT2D eigenvalue weighted by Crippen LogP contribution is 2.28. The molecule has 2 aromatic carbocycles. The van der Waals surface area contributed by atoms with E-state index in [0.717, 1.165) is 4.31 Å². The van der Waals surface area contributed by atoms with Gasteiger partial charge in [0.2, 0.25) is 5.91 Å². The van der Waals surface area contributed by atoms with Crippen molar-refractivity contribution in [3.05, 3.63) is 52.9 Å². The Kier molecular flexibility index (Phi) is 6.67. The van der Waals surface area contributed by atoms with Crippen molar-refractivity contribution in [3.8, 4) is 5.75 Å². The van der Waals surface area contributed by atoms with Gasteiger partial charge in [0.15, 0.2) is 0 Å². The minimum absolute atomic E-state index is 0.00939. The van der Waals surface area contributed by atoms with E-state index in [-0.39, 0.29) is 23.0 Å². The summed E-state index contributed by atoms with van der Waals surface area (Å²) in [6.45, 7) is 3.64. The normalized spacial score (nSPS) is 14.4. The predicted molar refractivity (Wildman–Crippen MR) is 128 cm³/mol. The molecule has 4 rings (SSSR count). The fourth-order valence-electron chi connectivity index (χ4n) is 4.00. The summed E-state index contributed by atoms with van der Waals surface area (Å²) in [5.41, 5.74) is 1.19. The van der Waals surface area contributed by atoms with Gasteiger partial charge in [-0.2, -0.15) is 0 Å². The summed E-state index contributed by atoms with van der Waals surface area (Å²) in [6.07, 6.45) is 0. The number of rotatable bonds is 7. The zero-order chi connectivity index (χ0) is 24.5. The molecule has 0 bridgehead atoms. The van der Waals surface area contributed by atoms with Crippen LogP contribution in [0.25, 0.3) is 11.0 Å². The molecule has 0 aliphatic carbocycles. The number of anilines is 1. The standard InChI is InChI=1S/C23H28N4O6S/c1-4-33-18-7-5-17(6-8-18)27(16-22(28)26-11-13-32-14-12-26)34(30,31)19-9-10-20-21(15-19)25(3)23(29)24(20)2/h5-10,15H,4,11-14,16H2,1-3H3. The first-order valence-electron chi connectivity index (χ1n) is 11.0. The van der Waals surface area contributed by atoms with Crippen molar-refractivity contribution < 1.29 is 22.7 Å². The molecular weight excluding hydrogens is 460 g/mol. The quantitative estimate of drug-likeness (QED) is 0.497. The lowest BCUT2D eigenvalue weighted by molar-refractivity contribution is -0.133. The van der Waals surface area contributed by atoms with Crippen LogP contribution >= 0.6 is 0 Å². The average Bonchev–Trinajstić information content (AvgIpc) is 3.07. The van der Waals surface area contributed by atoms with Crippen LogP contribution in [0.1, 0.15) is 6.92 Å². The minimum Gasteiger partial charge on any atom is -0.494 e. The van der Waals surface area contributed by atoms with Gasteiger partial charge in [0.1, 0.15) is 12.3 Å². The Morgan fingerprint density at radius 1 is 1.03 bits per heavy atom. The number of benzene rings is 2. The molecule has 1 aliphatic rings. The number of aryl methyl sites for hydroxylation is 2. The van der Waals surface area contributed by atoms with Crippen molar-refractivity contribution in [2.24, 2.45) is 14.1 Å². The third-order valence-electron chi connectivity index (χ3n) is 5.91. The Labute approximate surface area is 197 Å². The zero-order valence-corrected chi connectivity index (χ0v) is 20.2. The molecule has 2 heterocycles. The van der Waals surface area contributed by atoms with E-state index < -0.39 is 10.0 Å². The molecule has 0 atom stereocenters. The Hall–Kier alpha value is -3.31. The molecule has 1 aliphatic heterocycles. The number of carbonyl (C=O) groups excluding carboxylic acids is 1. The molecule has 0 unspecified atom stereocenters. The molecule has 1 fully saturated rings. The maximum absolute atomic E-state index is 13.8. The third kappa shape index (κ3) is 4.40. The number of amides is 1. The van der Waals surface area contributed by atoms with Gasteiger partial charge in [0, 0.05) is 27.2 Å². The number of aromatic nitrogens is 2. The minimum atomic E-state index is -4.14. The average molecular weight is 489 g/mol. The molecule has 3 aromatic rings. The number of carbonyl (C=O) groups is 1. The fraction of sp³-hybridized carbons (Fsp3) is 0.391. The second-order valence-electron chi connectivity index (χ2n) is 7.98. The van der Waals surface area contributed by atoms with Crippen LogP contribution in [0.3, 0.4) is 0 Å². The highest BCUT2D eigenvalue weighted by atomic mass is 32.2. The smallest absolute Gasteiger partial charge is 0.328 e. The lowest BCUT2D eigenvalue weighted by Gasteiger charge is -2.30. The van der Waals surface area contributed by atoms with Crippen molar-refractivity contribution >= 4 is 32.7 Å². The predicted octanol–water partition coefficient (Wildman–Crippen LogP) is 1.33. The lowest BCUT2D eigenvalue weighted by Crippen LogP contribution is -2.47. The largest absolute Gasteiger partial charge is 0.494 e. The zero-order valence-electron chi connectivity index (χ0n) is 19.4. The van der Waals surface area contributed by atoms with Gasteiger partial charge < -0.3 is 14.4 Å². The van der Waals surface area contributed by atoms with Crippen molar-refractivity contribution in [2.75, 3.05) is 43.8 Å². The number of morpholine rings is 1. The molecule has 10 nitrogen and oxygen atoms in total. The van der Waals surface area contributed by atoms with Gasteiger partial charge in [-0.3, -0.25) is 18.2 Å². The van der Waals surface area contributed by atoms with E-state index in [9.17, 15) is 18.0 Å². The number of hydrogen-bond acceptors (Lipinski definition) is 6. The molecule has 11 heteroatoms. The van der Waals surface area contributed by atoms with E-state index in [1.54, 1.807) is 49.3 Å². The first kappa shape index (κ1) is 23.8. The monoisotopic (exact) mass is 488 g/mol. The van der Waals surface area contributed by atoms with Gasteiger partial charge in [-0.1, -0.05) is 0 Å². The van der Waals surface area contributed by atoms with Crippen LogP contribution in [-0.4, -0.2) is 67.8 Å². The lowest BCUT2D eigenvalue weighted by atomic mass is 10.3. The van der Waals surface area contributed by atoms with E-state index in [0.29, 0.717) is 55.4 Å². The van der Waals surface area contributed by atoms with Crippen molar-refractivity contribution in [2.45, 2.75) is 11.8 Å². The van der Waals surface area contributed by atoms with Crippen molar-refractivity contribution in [3.63, 3.8) is 0 Å². The van der Waals surface area contributed by atoms with Crippen LogP contribution in [0.4, 0.5) is 5.69 Å². The molecule has 182 valence electrons. The molecule has 1 saturated heterocycles. The number of hydrogen-bond donors (Lipinski definition) is 0. The molecule has 34 heavy (non-hydrogen) atoms. The van der Waals surface area contributed by atoms with Crippen molar-refractivity contribution in [1.29, 1.82) is 0 Å². The molecule has 0 N–H and O–H groups in total. The topological polar surface area (TPSA) is 103 Å². The Morgan fingerprint density at radius 3 is 2.32 bits per heavy atom. The van der Waals surface area contributed by atoms with Crippen molar-refractivity contribution in [1.82, 2.24) is 14.0 Å². The number of fused-ring (bicyclic) bond motifs is 1. The van der Waals surface area contributed by atoms with Crippen LogP contribution in [0.2, 0.25) is 0 Å². The Balaban J connectivity index is 1.76. The van der Waals surface area contributed by atoms with Crippen LogP contribution in [0.15, 0.2) is 52.2 Å². The molecule has 1 aromatic heterocycles. The first-order valence-corrected chi connectivity index (χ1v) is 12.4. The first-order chi connectivity index (χ1) is 16.2. The summed E-state index contributed by atoms with van der Waals surface area (Å²) < 4.78 is 42.4. The van der Waals surface area contributed by atoms with Crippen LogP contribution < -0.4 is 14.7 Å². The molecular formula is C23H28N4O6S. The number of imidazole rings is 1. The summed E-state index contributed by atoms with van der Waals surface area (Å²) in [6, 6.07) is 11.1. The summed E-state index contributed by atoms with van der Waals surface area (Å²) in [4.78, 5) is 26.9. The van der Waals surface area contributed by atoms with Gasteiger partial charge in [0.05, 0.1) is 41.4 Å². The maximum Gasteiger partial charge on any atom is 0.328 e. The van der Waals surface area contributed by atoms with E-state index in [1.807, 2.05) is 6.92 Å². The summed E-state index contributed by atoms with van der Waals surface area (Å²) in [5.74, 6) is 0.290. The van der Waals surface area contributed by atoms with Crippen LogP contribution in [0, 0.1) is 0 Å². The van der Waals surface area contributed by atoms with E-state index >= 15 is 0 Å². The summed E-state index contributed by atoms with van der Waals surface area (Å²) in [5, 5.41) is 0. The van der Waals surface area contributed by atoms with Crippen LogP contribution in [-0.2, 0) is 33.7 Å². The second-order valence-corrected chi connectivity index (χ2v) is 9.85. The fourth-order valence-corrected chi connectivity index (χ4v) is 5.43. The van der Waals surface area contributed by atoms with Gasteiger partial charge in [-0.25, -0.2) is 13.2 Å². The number of ether oxygens (including phenoxy) is 2. The molecule has 0 spiro atoms. The van der Waals surface area contributed by atoms with Gasteiger partial charge in [-0.05, 0) is 49.4 Å². The highest BCUT2D eigenvalue weighted by Gasteiger charge is 2.30. The maximum atomic E-state index is 13.8. The van der Waals surface area contributed by atoms with E-state index in [2.05, 4.69) is 0 Å². The van der Waals surface area contributed by atoms with Gasteiger partial charge in [-0.15, -0.1) is 0 Å². The molecule has 0 saturated carbocycles. The third-order valence-corrected chi connectivity index (χ3v) is 7.68. The van der Waals surface area contributed by atoms with E-state index in [4.69, 9.17) is 9.47 Å². The van der Waals surface area contributed by atoms with Crippen LogP contribution in [0.5, 0.6) is 5.75 Å². The molecule has 0 radical (unpaired) electrons. The Morgan fingerprint density at radius 2 is 1.68 bits per heavy atom. The Bertz CT molecular complexity index is 1350. The number of nitrogens with zero attached hydrogens (tertiary/aromatic N) is 4. The van der Waals surface area contributed by atoms with E-state index in [1.165, 1.54) is 21.3 Å². The second kappa shape index (κ2) is 9.51. The SMILES string of the molecule is CCOc1ccc(N(CC(=O)N2CCOCC2)S(=O)(=O)c2ccc3c(c2)n(C)c(=O)n3C)cc1. The summed E-state index contributed by atoms with van der Waals surface area (Å²) >= 11 is 0.